The summed E-state index contributed by atoms with van der Waals surface area (Å²) in [5.41, 5.74) is 0. The summed E-state index contributed by atoms with van der Waals surface area (Å²) in [6.45, 7) is 10.6. The number of hydrogen-bond donors (Lipinski definition) is 1. The zero-order chi connectivity index (χ0) is 13.5. The maximum absolute atomic E-state index is 6.12. The average molecular weight is 270 g/mol. The molecular weight excluding hydrogens is 240 g/mol. The second kappa shape index (κ2) is 8.20. The summed E-state index contributed by atoms with van der Waals surface area (Å²) in [7, 11) is 0. The van der Waals surface area contributed by atoms with E-state index < -0.39 is 0 Å². The Hall–Kier alpha value is -0.160. The van der Waals surface area contributed by atoms with E-state index in [1.807, 2.05) is 0 Å². The fourth-order valence-electron chi connectivity index (χ4n) is 3.07. The van der Waals surface area contributed by atoms with Crippen molar-refractivity contribution in [1.29, 1.82) is 0 Å². The second-order valence-electron chi connectivity index (χ2n) is 5.75. The van der Waals surface area contributed by atoms with Crippen LogP contribution in [0.4, 0.5) is 0 Å². The van der Waals surface area contributed by atoms with Crippen molar-refractivity contribution in [2.75, 3.05) is 39.3 Å². The van der Waals surface area contributed by atoms with E-state index in [9.17, 15) is 0 Å². The van der Waals surface area contributed by atoms with Crippen LogP contribution in [0.1, 0.15) is 39.5 Å². The van der Waals surface area contributed by atoms with Gasteiger partial charge in [0.2, 0.25) is 0 Å². The van der Waals surface area contributed by atoms with Crippen LogP contribution in [0.5, 0.6) is 0 Å². The molecule has 0 aromatic rings. The van der Waals surface area contributed by atoms with E-state index in [-0.39, 0.29) is 0 Å². The van der Waals surface area contributed by atoms with Gasteiger partial charge in [-0.25, -0.2) is 0 Å². The molecule has 0 radical (unpaired) electrons. The topological polar surface area (TPSA) is 33.7 Å². The van der Waals surface area contributed by atoms with Gasteiger partial charge in [0.1, 0.15) is 0 Å². The second-order valence-corrected chi connectivity index (χ2v) is 5.75. The first-order valence-electron chi connectivity index (χ1n) is 8.02. The van der Waals surface area contributed by atoms with Gasteiger partial charge in [-0.05, 0) is 38.8 Å². The highest BCUT2D eigenvalue weighted by atomic mass is 16.5. The first-order chi connectivity index (χ1) is 9.31. The Labute approximate surface area is 117 Å². The van der Waals surface area contributed by atoms with E-state index in [0.717, 1.165) is 39.3 Å². The smallest absolute Gasteiger partial charge is 0.0707 e. The molecule has 1 N–H and O–H groups in total. The van der Waals surface area contributed by atoms with Crippen molar-refractivity contribution < 1.29 is 9.47 Å². The quantitative estimate of drug-likeness (QED) is 0.727. The lowest BCUT2D eigenvalue weighted by molar-refractivity contribution is 0.0106. The molecule has 2 rings (SSSR count). The van der Waals surface area contributed by atoms with Crippen molar-refractivity contribution in [3.63, 3.8) is 0 Å². The van der Waals surface area contributed by atoms with E-state index in [1.165, 1.54) is 25.7 Å². The first kappa shape index (κ1) is 15.2. The van der Waals surface area contributed by atoms with Crippen LogP contribution in [0.15, 0.2) is 0 Å². The lowest BCUT2D eigenvalue weighted by atomic mass is 10.1. The predicted molar refractivity (Wildman–Crippen MR) is 77.5 cm³/mol. The van der Waals surface area contributed by atoms with Crippen LogP contribution >= 0.6 is 0 Å². The number of nitrogens with zero attached hydrogens (tertiary/aromatic N) is 1. The third-order valence-electron chi connectivity index (χ3n) is 4.21. The Balaban J connectivity index is 1.67. The van der Waals surface area contributed by atoms with Gasteiger partial charge < -0.3 is 14.8 Å². The maximum Gasteiger partial charge on any atom is 0.0707 e. The molecule has 19 heavy (non-hydrogen) atoms. The van der Waals surface area contributed by atoms with Gasteiger partial charge in [0.15, 0.2) is 0 Å². The zero-order valence-corrected chi connectivity index (χ0v) is 12.6. The van der Waals surface area contributed by atoms with Crippen LogP contribution < -0.4 is 5.32 Å². The molecule has 2 aliphatic heterocycles. The lowest BCUT2D eigenvalue weighted by Gasteiger charge is -2.26. The molecule has 0 aromatic carbocycles. The summed E-state index contributed by atoms with van der Waals surface area (Å²) in [6, 6.07) is 0. The highest BCUT2D eigenvalue weighted by Crippen LogP contribution is 2.21. The van der Waals surface area contributed by atoms with Gasteiger partial charge in [-0.15, -0.1) is 0 Å². The molecule has 2 fully saturated rings. The number of ether oxygens (including phenoxy) is 2. The summed E-state index contributed by atoms with van der Waals surface area (Å²) in [6.07, 6.45) is 6.17. The minimum Gasteiger partial charge on any atom is -0.377 e. The van der Waals surface area contributed by atoms with Crippen molar-refractivity contribution in [1.82, 2.24) is 10.2 Å². The Kier molecular flexibility index (Phi) is 6.57. The molecule has 4 nitrogen and oxygen atoms in total. The van der Waals surface area contributed by atoms with Crippen molar-refractivity contribution in [2.45, 2.75) is 57.8 Å². The molecule has 112 valence electrons. The average Bonchev–Trinajstić information content (AvgIpc) is 3.07. The highest BCUT2D eigenvalue weighted by Gasteiger charge is 2.27. The van der Waals surface area contributed by atoms with Crippen LogP contribution in [-0.2, 0) is 9.47 Å². The van der Waals surface area contributed by atoms with Crippen molar-refractivity contribution in [3.05, 3.63) is 0 Å². The van der Waals surface area contributed by atoms with Gasteiger partial charge in [0, 0.05) is 26.2 Å². The normalized spacial score (nSPS) is 31.4. The van der Waals surface area contributed by atoms with Crippen LogP contribution in [0.25, 0.3) is 0 Å². The van der Waals surface area contributed by atoms with Crippen LogP contribution in [0.3, 0.4) is 0 Å². The lowest BCUT2D eigenvalue weighted by Crippen LogP contribution is -2.38. The van der Waals surface area contributed by atoms with Crippen LogP contribution in [0.2, 0.25) is 0 Å². The third-order valence-corrected chi connectivity index (χ3v) is 4.21. The van der Waals surface area contributed by atoms with Crippen molar-refractivity contribution >= 4 is 0 Å². The molecule has 2 saturated heterocycles. The standard InChI is InChI=1S/C15H30N2O2/c1-3-16-10-13-7-8-15(19-13)12-17(4-2)11-14-6-5-9-18-14/h13-16H,3-12H2,1-2H3. The largest absolute Gasteiger partial charge is 0.377 e. The fraction of sp³-hybridized carbons (Fsp3) is 1.00. The van der Waals surface area contributed by atoms with E-state index in [2.05, 4.69) is 24.1 Å². The molecule has 0 saturated carbocycles. The minimum absolute atomic E-state index is 0.421. The Morgan fingerprint density at radius 3 is 2.53 bits per heavy atom. The van der Waals surface area contributed by atoms with E-state index in [1.54, 1.807) is 0 Å². The number of likely N-dealkylation sites (N-methyl/N-ethyl adjacent to an activating group) is 2. The maximum atomic E-state index is 6.12. The summed E-state index contributed by atoms with van der Waals surface area (Å²) >= 11 is 0. The molecule has 2 heterocycles. The zero-order valence-electron chi connectivity index (χ0n) is 12.6. The molecule has 0 aromatic heterocycles. The monoisotopic (exact) mass is 270 g/mol. The van der Waals surface area contributed by atoms with Crippen molar-refractivity contribution in [2.24, 2.45) is 0 Å². The molecule has 0 amide bonds. The van der Waals surface area contributed by atoms with Gasteiger partial charge in [-0.3, -0.25) is 4.90 Å². The molecule has 0 aliphatic carbocycles. The first-order valence-corrected chi connectivity index (χ1v) is 8.02. The molecule has 0 bridgehead atoms. The summed E-state index contributed by atoms with van der Waals surface area (Å²) in [5, 5.41) is 3.38. The van der Waals surface area contributed by atoms with Crippen molar-refractivity contribution in [3.8, 4) is 0 Å². The molecular formula is C15H30N2O2. The SMILES string of the molecule is CCNCC1CCC(CN(CC)CC2CCCO2)O1. The van der Waals surface area contributed by atoms with Crippen LogP contribution in [-0.4, -0.2) is 62.5 Å². The molecule has 3 atom stereocenters. The minimum atomic E-state index is 0.421. The summed E-state index contributed by atoms with van der Waals surface area (Å²) in [5.74, 6) is 0. The number of nitrogens with one attached hydrogen (secondary N) is 1. The third kappa shape index (κ3) is 5.03. The van der Waals surface area contributed by atoms with Crippen LogP contribution in [0, 0.1) is 0 Å². The van der Waals surface area contributed by atoms with E-state index in [4.69, 9.17) is 9.47 Å². The van der Waals surface area contributed by atoms with Gasteiger partial charge in [0.05, 0.1) is 18.3 Å². The Morgan fingerprint density at radius 1 is 1.05 bits per heavy atom. The molecule has 2 aliphatic rings. The Bertz CT molecular complexity index is 244. The van der Waals surface area contributed by atoms with Gasteiger partial charge in [0.25, 0.3) is 0 Å². The van der Waals surface area contributed by atoms with Gasteiger partial charge in [-0.2, -0.15) is 0 Å². The highest BCUT2D eigenvalue weighted by molar-refractivity contribution is 4.79. The Morgan fingerprint density at radius 2 is 1.84 bits per heavy atom. The molecule has 4 heteroatoms. The molecule has 3 unspecified atom stereocenters. The van der Waals surface area contributed by atoms with E-state index in [0.29, 0.717) is 18.3 Å². The summed E-state index contributed by atoms with van der Waals surface area (Å²) < 4.78 is 11.8. The number of rotatable bonds is 8. The van der Waals surface area contributed by atoms with Gasteiger partial charge in [-0.1, -0.05) is 13.8 Å². The number of hydrogen-bond acceptors (Lipinski definition) is 4. The van der Waals surface area contributed by atoms with E-state index >= 15 is 0 Å². The summed E-state index contributed by atoms with van der Waals surface area (Å²) in [4.78, 5) is 2.50. The fourth-order valence-corrected chi connectivity index (χ4v) is 3.07. The predicted octanol–water partition coefficient (Wildman–Crippen LogP) is 1.64. The van der Waals surface area contributed by atoms with Gasteiger partial charge >= 0.3 is 0 Å². The molecule has 0 spiro atoms.